The number of carbonyl (C=O) groups excluding carboxylic acids is 2. The number of hydrogen-bond acceptors (Lipinski definition) is 19. The highest BCUT2D eigenvalue weighted by Crippen LogP contribution is 2.42. The third-order valence-corrected chi connectivity index (χ3v) is 19.5. The maximum atomic E-state index is 15.5. The van der Waals surface area contributed by atoms with E-state index in [1.807, 2.05) is 27.7 Å². The van der Waals surface area contributed by atoms with Crippen LogP contribution < -0.4 is 11.2 Å². The van der Waals surface area contributed by atoms with E-state index in [2.05, 4.69) is 44.7 Å². The van der Waals surface area contributed by atoms with Crippen molar-refractivity contribution in [2.75, 3.05) is 11.5 Å². The van der Waals surface area contributed by atoms with Gasteiger partial charge in [0.1, 0.15) is 66.2 Å². The van der Waals surface area contributed by atoms with Gasteiger partial charge in [0.15, 0.2) is 31.3 Å². The van der Waals surface area contributed by atoms with E-state index in [0.29, 0.717) is 10.4 Å². The van der Waals surface area contributed by atoms with Crippen LogP contribution in [0.4, 0.5) is 33.0 Å². The number of amides is 2. The second kappa shape index (κ2) is 25.1. The average Bonchev–Trinajstić information content (AvgIpc) is 1.31. The molecule has 0 radical (unpaired) electrons. The van der Waals surface area contributed by atoms with Gasteiger partial charge < -0.3 is 29.4 Å². The molecule has 0 bridgehead atoms. The minimum absolute atomic E-state index is 0. The topological polar surface area (TPSA) is 275 Å². The molecule has 7 heterocycles. The molecule has 21 nitrogen and oxygen atoms in total. The molecule has 0 saturated carbocycles. The summed E-state index contributed by atoms with van der Waals surface area (Å²) in [6.45, 7) is 31.9. The van der Waals surface area contributed by atoms with Crippen LogP contribution in [0.15, 0.2) is 63.4 Å². The van der Waals surface area contributed by atoms with Crippen molar-refractivity contribution < 1.29 is 62.8 Å². The summed E-state index contributed by atoms with van der Waals surface area (Å²) in [5.41, 5.74) is -0.595. The lowest BCUT2D eigenvalue weighted by Gasteiger charge is -2.42. The largest absolute Gasteiger partial charge is 0.496 e. The molecule has 0 spiro atoms. The fourth-order valence-corrected chi connectivity index (χ4v) is 11.6. The van der Waals surface area contributed by atoms with Crippen LogP contribution in [0.3, 0.4) is 0 Å². The Labute approximate surface area is 506 Å². The van der Waals surface area contributed by atoms with Gasteiger partial charge >= 0.3 is 19.3 Å². The maximum absolute atomic E-state index is 15.5. The van der Waals surface area contributed by atoms with Crippen molar-refractivity contribution in [2.24, 2.45) is 15.7 Å². The number of sulfone groups is 2. The Hall–Kier alpha value is -6.07. The van der Waals surface area contributed by atoms with Gasteiger partial charge in [-0.2, -0.15) is 13.7 Å². The Bertz CT molecular complexity index is 3530. The molecule has 7 rings (SSSR count). The molecule has 1 saturated heterocycles. The van der Waals surface area contributed by atoms with Crippen LogP contribution in [0.25, 0.3) is 22.6 Å². The summed E-state index contributed by atoms with van der Waals surface area (Å²) in [5, 5.41) is 0.108. The number of aliphatic imine (C=N–C) groups is 2. The number of halogens is 6. The third-order valence-electron chi connectivity index (χ3n) is 13.4. The lowest BCUT2D eigenvalue weighted by atomic mass is 9.78. The van der Waals surface area contributed by atoms with Crippen molar-refractivity contribution >= 4 is 114 Å². The predicted molar refractivity (Wildman–Crippen MR) is 322 cm³/mol. The van der Waals surface area contributed by atoms with Gasteiger partial charge in [-0.3, -0.25) is 15.0 Å². The minimum Gasteiger partial charge on any atom is -0.443 e. The fourth-order valence-electron chi connectivity index (χ4n) is 7.78. The predicted octanol–water partition coefficient (Wildman–Crippen LogP) is 10.8. The molecule has 4 aromatic heterocycles. The van der Waals surface area contributed by atoms with Crippen molar-refractivity contribution in [1.82, 2.24) is 34.8 Å². The number of amidine groups is 2. The van der Waals surface area contributed by atoms with Crippen molar-refractivity contribution in [3.05, 3.63) is 110 Å². The van der Waals surface area contributed by atoms with E-state index in [0.717, 1.165) is 18.5 Å². The first-order valence-electron chi connectivity index (χ1n) is 25.1. The number of hydrogen-bond donors (Lipinski definition) is 1. The smallest absolute Gasteiger partial charge is 0.443 e. The Morgan fingerprint density at radius 1 is 0.714 bits per heavy atom. The third kappa shape index (κ3) is 15.7. The van der Waals surface area contributed by atoms with Crippen LogP contribution in [-0.4, -0.2) is 126 Å². The number of carbonyl (C=O) groups is 2. The molecule has 30 heteroatoms. The summed E-state index contributed by atoms with van der Waals surface area (Å²) < 4.78 is 131. The van der Waals surface area contributed by atoms with Crippen LogP contribution in [-0.2, 0) is 49.5 Å². The number of pyridine rings is 2. The molecule has 2 amide bonds. The quantitative estimate of drug-likeness (QED) is 0.0617. The molecule has 3 aliphatic rings. The molecule has 3 aliphatic heterocycles. The second-order valence-corrected chi connectivity index (χ2v) is 29.8. The first kappa shape index (κ1) is 70.4. The van der Waals surface area contributed by atoms with Gasteiger partial charge in [0, 0.05) is 33.1 Å². The number of rotatable bonds is 6. The number of ether oxygens (including phenoxy) is 2. The summed E-state index contributed by atoms with van der Waals surface area (Å²) in [6, 6.07) is 2.68. The SMILES string of the molecule is C.CC(C)(C)OC(=O)N(C(=O)OC(C)(C)C)C1=N[C@](C)(c2cc(B3OC(C)(C)C(C)(C)O3)cnc2F)CS(=O)(=O)C1(C)C.CC1(C)C(N)=N[C@](C)(c2cc(/C=C(\F)c3cnc(Cl)cn3)cnc2F)CS1(=O)=O.[C-]#[N+]c1cnc(/C(F)=C/I)cn1. The van der Waals surface area contributed by atoms with E-state index in [1.165, 1.54) is 82.5 Å². The van der Waals surface area contributed by atoms with Gasteiger partial charge in [0.25, 0.3) is 5.82 Å². The van der Waals surface area contributed by atoms with E-state index in [9.17, 15) is 39.6 Å². The van der Waals surface area contributed by atoms with Gasteiger partial charge in [0.05, 0.1) is 41.3 Å². The summed E-state index contributed by atoms with van der Waals surface area (Å²) in [7, 11) is -8.84. The van der Waals surface area contributed by atoms with E-state index < -0.39 is 123 Å². The molecule has 0 aromatic carbocycles. The van der Waals surface area contributed by atoms with Crippen molar-refractivity contribution in [1.29, 1.82) is 0 Å². The van der Waals surface area contributed by atoms with E-state index in [4.69, 9.17) is 42.7 Å². The first-order chi connectivity index (χ1) is 37.8. The van der Waals surface area contributed by atoms with Gasteiger partial charge in [0.2, 0.25) is 11.9 Å². The number of imide groups is 1. The van der Waals surface area contributed by atoms with E-state index in [1.54, 1.807) is 64.1 Å². The van der Waals surface area contributed by atoms with Crippen molar-refractivity contribution in [3.63, 3.8) is 0 Å². The summed E-state index contributed by atoms with van der Waals surface area (Å²) in [4.78, 5) is 61.7. The number of nitrogens with zero attached hydrogens (tertiary/aromatic N) is 10. The van der Waals surface area contributed by atoms with Crippen molar-refractivity contribution in [3.8, 4) is 0 Å². The van der Waals surface area contributed by atoms with Crippen LogP contribution >= 0.6 is 34.2 Å². The monoisotopic (exact) mass is 1340 g/mol. The summed E-state index contributed by atoms with van der Waals surface area (Å²) in [6.07, 6.45) is 5.87. The van der Waals surface area contributed by atoms with Gasteiger partial charge in [-0.25, -0.2) is 55.1 Å². The molecule has 1 fully saturated rings. The lowest BCUT2D eigenvalue weighted by molar-refractivity contribution is 0.00578. The highest BCUT2D eigenvalue weighted by Gasteiger charge is 2.57. The Balaban J connectivity index is 0.000000309. The fraction of sp³-hybridized carbons (Fsp3) is 0.500. The standard InChI is InChI=1S/C28H43BFN3O8S.C18H18ClF2N5O2S.C7H3FIN3.CH4/c1-23(2,3)38-21(34)33(22(35)39-24(4,5)6)20-25(7,8)42(36,37)16-28(13,32-20)18-14-17(15-31-19(18)30)29-40-26(9,10)27(11,12)41-29;1-17(2)16(22)26-18(3,9-29(17,27)28)11-4-10(6-25-15(11)21)5-12(20)13-7-24-14(19)8-23-13;1-10-7-4-11-6(3-12-7)5(8)2-9;/h14-15H,16H2,1-13H3;4-8H,9H2,1-3H3,(H2,22,26);2-4H;1H4/b;12-5-;5-2-;/t28-;18-;;/m00../s1. The second-order valence-electron chi connectivity index (χ2n) is 23.7. The molecular formula is C54H68BClF4IN11O10S2. The molecule has 84 heavy (non-hydrogen) atoms. The maximum Gasteiger partial charge on any atom is 0.496 e. The van der Waals surface area contributed by atoms with Crippen LogP contribution in [0, 0.1) is 18.5 Å². The summed E-state index contributed by atoms with van der Waals surface area (Å²) >= 11 is 7.40. The van der Waals surface area contributed by atoms with E-state index >= 15 is 4.39 Å². The molecule has 456 valence electrons. The minimum atomic E-state index is -4.20. The van der Waals surface area contributed by atoms with Crippen LogP contribution in [0.2, 0.25) is 5.15 Å². The Morgan fingerprint density at radius 3 is 1.63 bits per heavy atom. The zero-order valence-corrected chi connectivity index (χ0v) is 53.0. The normalized spacial score (nSPS) is 21.9. The van der Waals surface area contributed by atoms with Gasteiger partial charge in [-0.05, 0) is 151 Å². The van der Waals surface area contributed by atoms with Crippen molar-refractivity contribution in [2.45, 2.75) is 161 Å². The highest BCUT2D eigenvalue weighted by atomic mass is 127. The Morgan fingerprint density at radius 2 is 1.18 bits per heavy atom. The molecule has 2 atom stereocenters. The lowest BCUT2D eigenvalue weighted by Crippen LogP contribution is -2.61. The number of aromatic nitrogens is 6. The molecular weight excluding hydrogens is 1280 g/mol. The zero-order chi connectivity index (χ0) is 63.1. The van der Waals surface area contributed by atoms with Gasteiger partial charge in [-0.15, -0.1) is 4.98 Å². The molecule has 4 aromatic rings. The number of nitrogens with two attached hydrogens (primary N) is 1. The molecule has 0 aliphatic carbocycles. The summed E-state index contributed by atoms with van der Waals surface area (Å²) in [5.74, 6) is -4.63. The van der Waals surface area contributed by atoms with Crippen LogP contribution in [0.1, 0.15) is 146 Å². The van der Waals surface area contributed by atoms with Gasteiger partial charge in [-0.1, -0.05) is 31.7 Å². The first-order valence-corrected chi connectivity index (χ1v) is 30.0. The molecule has 0 unspecified atom stereocenters. The Kier molecular flexibility index (Phi) is 21.0. The average molecular weight is 1340 g/mol. The van der Waals surface area contributed by atoms with E-state index in [-0.39, 0.29) is 52.3 Å². The highest BCUT2D eigenvalue weighted by molar-refractivity contribution is 14.1. The zero-order valence-electron chi connectivity index (χ0n) is 48.5. The molecule has 2 N–H and O–H groups in total. The van der Waals surface area contributed by atoms with Crippen LogP contribution in [0.5, 0.6) is 0 Å².